The van der Waals surface area contributed by atoms with Crippen molar-refractivity contribution in [1.29, 1.82) is 0 Å². The Kier molecular flexibility index (Phi) is 4.20. The summed E-state index contributed by atoms with van der Waals surface area (Å²) < 4.78 is 5.54. The van der Waals surface area contributed by atoms with Crippen molar-refractivity contribution in [3.63, 3.8) is 0 Å². The van der Waals surface area contributed by atoms with Crippen LogP contribution in [0, 0.1) is 0 Å². The SMILES string of the molecule is CN(C)CC1CCCN1Cc1ccc(CO)o1. The lowest BCUT2D eigenvalue weighted by atomic mass is 10.2. The Hall–Kier alpha value is -0.840. The first-order valence-electron chi connectivity index (χ1n) is 6.26. The molecule has 0 aliphatic carbocycles. The van der Waals surface area contributed by atoms with Crippen LogP contribution in [0.4, 0.5) is 0 Å². The Balaban J connectivity index is 1.92. The molecule has 2 rings (SSSR count). The van der Waals surface area contributed by atoms with E-state index in [1.165, 1.54) is 12.8 Å². The molecule has 1 aromatic rings. The molecule has 0 amide bonds. The van der Waals surface area contributed by atoms with Gasteiger partial charge < -0.3 is 14.4 Å². The highest BCUT2D eigenvalue weighted by molar-refractivity contribution is 5.06. The summed E-state index contributed by atoms with van der Waals surface area (Å²) in [6.45, 7) is 3.10. The van der Waals surface area contributed by atoms with E-state index in [0.29, 0.717) is 11.8 Å². The first-order chi connectivity index (χ1) is 8.19. The van der Waals surface area contributed by atoms with Crippen molar-refractivity contribution < 1.29 is 9.52 Å². The predicted molar refractivity (Wildman–Crippen MR) is 66.6 cm³/mol. The molecule has 1 atom stereocenters. The summed E-state index contributed by atoms with van der Waals surface area (Å²) in [5, 5.41) is 8.97. The normalized spacial score (nSPS) is 21.5. The van der Waals surface area contributed by atoms with Crippen LogP contribution in [0.2, 0.25) is 0 Å². The van der Waals surface area contributed by atoms with E-state index >= 15 is 0 Å². The third-order valence-corrected chi connectivity index (χ3v) is 3.31. The van der Waals surface area contributed by atoms with Gasteiger partial charge in [-0.2, -0.15) is 0 Å². The molecule has 1 aliphatic heterocycles. The highest BCUT2D eigenvalue weighted by Crippen LogP contribution is 2.21. The third-order valence-electron chi connectivity index (χ3n) is 3.31. The van der Waals surface area contributed by atoms with Crippen molar-refractivity contribution in [2.75, 3.05) is 27.2 Å². The van der Waals surface area contributed by atoms with Crippen LogP contribution in [0.5, 0.6) is 0 Å². The second-order valence-corrected chi connectivity index (χ2v) is 5.05. The van der Waals surface area contributed by atoms with Gasteiger partial charge in [-0.1, -0.05) is 0 Å². The van der Waals surface area contributed by atoms with Crippen molar-refractivity contribution in [3.05, 3.63) is 23.7 Å². The van der Waals surface area contributed by atoms with Crippen LogP contribution in [-0.4, -0.2) is 48.1 Å². The second-order valence-electron chi connectivity index (χ2n) is 5.05. The molecule has 1 fully saturated rings. The van der Waals surface area contributed by atoms with E-state index in [0.717, 1.165) is 25.4 Å². The molecule has 1 aliphatic rings. The maximum absolute atomic E-state index is 8.97. The lowest BCUT2D eigenvalue weighted by Gasteiger charge is -2.26. The van der Waals surface area contributed by atoms with Gasteiger partial charge >= 0.3 is 0 Å². The minimum absolute atomic E-state index is 0.0128. The van der Waals surface area contributed by atoms with Crippen LogP contribution in [0.1, 0.15) is 24.4 Å². The lowest BCUT2D eigenvalue weighted by Crippen LogP contribution is -2.36. The Morgan fingerprint density at radius 2 is 2.18 bits per heavy atom. The van der Waals surface area contributed by atoms with E-state index in [1.807, 2.05) is 12.1 Å². The van der Waals surface area contributed by atoms with Gasteiger partial charge in [0.25, 0.3) is 0 Å². The molecule has 1 N–H and O–H groups in total. The topological polar surface area (TPSA) is 39.9 Å². The fraction of sp³-hybridized carbons (Fsp3) is 0.692. The number of aliphatic hydroxyl groups is 1. The third kappa shape index (κ3) is 3.31. The average molecular weight is 238 g/mol. The number of hydrogen-bond donors (Lipinski definition) is 1. The zero-order valence-corrected chi connectivity index (χ0v) is 10.7. The maximum Gasteiger partial charge on any atom is 0.129 e. The monoisotopic (exact) mass is 238 g/mol. The summed E-state index contributed by atoms with van der Waals surface area (Å²) in [5.74, 6) is 1.61. The number of furan rings is 1. The fourth-order valence-electron chi connectivity index (χ4n) is 2.52. The van der Waals surface area contributed by atoms with Gasteiger partial charge in [0.05, 0.1) is 6.54 Å². The van der Waals surface area contributed by atoms with Gasteiger partial charge in [-0.15, -0.1) is 0 Å². The van der Waals surface area contributed by atoms with E-state index in [9.17, 15) is 0 Å². The van der Waals surface area contributed by atoms with Crippen molar-refractivity contribution in [2.45, 2.75) is 32.0 Å². The molecule has 0 spiro atoms. The molecule has 0 radical (unpaired) electrons. The maximum atomic E-state index is 8.97. The first kappa shape index (κ1) is 12.6. The Labute approximate surface area is 103 Å². The Morgan fingerprint density at radius 1 is 1.41 bits per heavy atom. The number of hydrogen-bond acceptors (Lipinski definition) is 4. The van der Waals surface area contributed by atoms with E-state index in [4.69, 9.17) is 9.52 Å². The molecule has 96 valence electrons. The van der Waals surface area contributed by atoms with Crippen LogP contribution < -0.4 is 0 Å². The standard InChI is InChI=1S/C13H22N2O2/c1-14(2)8-11-4-3-7-15(11)9-12-5-6-13(10-16)17-12/h5-6,11,16H,3-4,7-10H2,1-2H3. The molecule has 0 bridgehead atoms. The minimum atomic E-state index is -0.0128. The van der Waals surface area contributed by atoms with E-state index < -0.39 is 0 Å². The van der Waals surface area contributed by atoms with Gasteiger partial charge in [0.15, 0.2) is 0 Å². The van der Waals surface area contributed by atoms with Gasteiger partial charge in [-0.05, 0) is 45.6 Å². The smallest absolute Gasteiger partial charge is 0.129 e. The summed E-state index contributed by atoms with van der Waals surface area (Å²) >= 11 is 0. The molecule has 0 saturated carbocycles. The molecule has 4 nitrogen and oxygen atoms in total. The first-order valence-corrected chi connectivity index (χ1v) is 6.26. The number of likely N-dealkylation sites (N-methyl/N-ethyl adjacent to an activating group) is 1. The van der Waals surface area contributed by atoms with Gasteiger partial charge in [-0.3, -0.25) is 4.90 Å². The molecule has 4 heteroatoms. The quantitative estimate of drug-likeness (QED) is 0.839. The van der Waals surface area contributed by atoms with Gasteiger partial charge in [0.1, 0.15) is 18.1 Å². The predicted octanol–water partition coefficient (Wildman–Crippen LogP) is 1.30. The summed E-state index contributed by atoms with van der Waals surface area (Å²) in [6.07, 6.45) is 2.54. The number of likely N-dealkylation sites (tertiary alicyclic amines) is 1. The molecule has 2 heterocycles. The molecule has 1 saturated heterocycles. The zero-order chi connectivity index (χ0) is 12.3. The highest BCUT2D eigenvalue weighted by Gasteiger charge is 2.25. The Bertz CT molecular complexity index is 349. The molecule has 1 unspecified atom stereocenters. The van der Waals surface area contributed by atoms with Crippen molar-refractivity contribution in [2.24, 2.45) is 0 Å². The van der Waals surface area contributed by atoms with Gasteiger partial charge in [-0.25, -0.2) is 0 Å². The Morgan fingerprint density at radius 3 is 2.82 bits per heavy atom. The van der Waals surface area contributed by atoms with E-state index in [1.54, 1.807) is 0 Å². The fourth-order valence-corrected chi connectivity index (χ4v) is 2.52. The van der Waals surface area contributed by atoms with Crippen LogP contribution in [0.15, 0.2) is 16.5 Å². The molecular formula is C13H22N2O2. The number of nitrogens with zero attached hydrogens (tertiary/aromatic N) is 2. The summed E-state index contributed by atoms with van der Waals surface area (Å²) in [6, 6.07) is 4.45. The molecule has 0 aromatic carbocycles. The van der Waals surface area contributed by atoms with Crippen LogP contribution in [0.25, 0.3) is 0 Å². The van der Waals surface area contributed by atoms with E-state index in [-0.39, 0.29) is 6.61 Å². The van der Waals surface area contributed by atoms with Crippen LogP contribution in [-0.2, 0) is 13.2 Å². The number of aliphatic hydroxyl groups excluding tert-OH is 1. The summed E-state index contributed by atoms with van der Waals surface area (Å²) in [7, 11) is 4.24. The van der Waals surface area contributed by atoms with Crippen LogP contribution in [0.3, 0.4) is 0 Å². The molecule has 1 aromatic heterocycles. The van der Waals surface area contributed by atoms with Gasteiger partial charge in [0.2, 0.25) is 0 Å². The average Bonchev–Trinajstić information content (AvgIpc) is 2.89. The summed E-state index contributed by atoms with van der Waals surface area (Å²) in [4.78, 5) is 4.71. The minimum Gasteiger partial charge on any atom is -0.462 e. The largest absolute Gasteiger partial charge is 0.462 e. The van der Waals surface area contributed by atoms with Gasteiger partial charge in [0, 0.05) is 12.6 Å². The lowest BCUT2D eigenvalue weighted by molar-refractivity contribution is 0.182. The molecular weight excluding hydrogens is 216 g/mol. The van der Waals surface area contributed by atoms with Crippen molar-refractivity contribution >= 4 is 0 Å². The van der Waals surface area contributed by atoms with Crippen molar-refractivity contribution in [3.8, 4) is 0 Å². The summed E-state index contributed by atoms with van der Waals surface area (Å²) in [5.41, 5.74) is 0. The van der Waals surface area contributed by atoms with Crippen LogP contribution >= 0.6 is 0 Å². The highest BCUT2D eigenvalue weighted by atomic mass is 16.4. The zero-order valence-electron chi connectivity index (χ0n) is 10.7. The number of rotatable bonds is 5. The van der Waals surface area contributed by atoms with E-state index in [2.05, 4.69) is 23.9 Å². The molecule has 17 heavy (non-hydrogen) atoms. The van der Waals surface area contributed by atoms with Crippen molar-refractivity contribution in [1.82, 2.24) is 9.80 Å². The second kappa shape index (κ2) is 5.67.